The van der Waals surface area contributed by atoms with Crippen LogP contribution < -0.4 is 20.1 Å². The maximum Gasteiger partial charge on any atom is 0.325 e. The van der Waals surface area contributed by atoms with Gasteiger partial charge in [0, 0.05) is 12.1 Å². The normalized spacial score (nSPS) is 15.9. The quantitative estimate of drug-likeness (QED) is 0.697. The number of ether oxygens (including phenoxy) is 3. The van der Waals surface area contributed by atoms with Crippen molar-refractivity contribution in [2.75, 3.05) is 26.5 Å². The number of rotatable bonds is 7. The Morgan fingerprint density at radius 3 is 2.63 bits per heavy atom. The van der Waals surface area contributed by atoms with Crippen LogP contribution in [0.3, 0.4) is 0 Å². The minimum absolute atomic E-state index is 0.121. The number of fused-ring (bicyclic) bond motifs is 1. The van der Waals surface area contributed by atoms with E-state index in [4.69, 9.17) is 14.2 Å². The van der Waals surface area contributed by atoms with E-state index in [1.165, 1.54) is 19.3 Å². The predicted molar refractivity (Wildman–Crippen MR) is 95.4 cm³/mol. The zero-order valence-corrected chi connectivity index (χ0v) is 15.1. The Kier molecular flexibility index (Phi) is 6.51. The fraction of sp³-hybridized carbons (Fsp3) is 0.526. The summed E-state index contributed by atoms with van der Waals surface area (Å²) in [6.07, 6.45) is 5.94. The second-order valence-electron chi connectivity index (χ2n) is 6.72. The van der Waals surface area contributed by atoms with Crippen LogP contribution in [0.15, 0.2) is 18.2 Å². The molecular weight excluding hydrogens is 352 g/mol. The summed E-state index contributed by atoms with van der Waals surface area (Å²) in [4.78, 5) is 35.5. The Balaban J connectivity index is 1.33. The zero-order chi connectivity index (χ0) is 19.1. The molecule has 1 aromatic carbocycles. The van der Waals surface area contributed by atoms with Crippen LogP contribution in [-0.2, 0) is 14.3 Å². The molecule has 1 aromatic rings. The second kappa shape index (κ2) is 9.25. The van der Waals surface area contributed by atoms with E-state index in [0.29, 0.717) is 29.5 Å². The summed E-state index contributed by atoms with van der Waals surface area (Å²) in [5.41, 5.74) is 0.345. The third-order valence-electron chi connectivity index (χ3n) is 4.70. The highest BCUT2D eigenvalue weighted by atomic mass is 16.7. The van der Waals surface area contributed by atoms with E-state index in [9.17, 15) is 14.4 Å². The number of carbonyl (C=O) groups is 3. The van der Waals surface area contributed by atoms with Crippen LogP contribution in [-0.4, -0.2) is 44.3 Å². The molecule has 0 unspecified atom stereocenters. The zero-order valence-electron chi connectivity index (χ0n) is 15.1. The van der Waals surface area contributed by atoms with Gasteiger partial charge in [-0.15, -0.1) is 0 Å². The molecule has 0 aromatic heterocycles. The molecule has 0 bridgehead atoms. The molecule has 0 saturated heterocycles. The molecule has 2 aliphatic rings. The van der Waals surface area contributed by atoms with E-state index in [2.05, 4.69) is 10.6 Å². The SMILES string of the molecule is O=C(COC(=O)CNC(=O)c1ccc2c(c1)OCO2)NCC1CCCCC1. The molecule has 8 heteroatoms. The average Bonchev–Trinajstić information content (AvgIpc) is 3.17. The van der Waals surface area contributed by atoms with E-state index in [0.717, 1.165) is 12.8 Å². The van der Waals surface area contributed by atoms with Gasteiger partial charge in [0.2, 0.25) is 6.79 Å². The lowest BCUT2D eigenvalue weighted by molar-refractivity contribution is -0.147. The molecule has 146 valence electrons. The molecule has 8 nitrogen and oxygen atoms in total. The van der Waals surface area contributed by atoms with Gasteiger partial charge in [0.05, 0.1) is 0 Å². The molecule has 0 spiro atoms. The van der Waals surface area contributed by atoms with Crippen LogP contribution in [0.5, 0.6) is 11.5 Å². The lowest BCUT2D eigenvalue weighted by Gasteiger charge is -2.21. The first-order valence-corrected chi connectivity index (χ1v) is 9.22. The maximum absolute atomic E-state index is 12.1. The number of nitrogens with one attached hydrogen (secondary N) is 2. The van der Waals surface area contributed by atoms with Crippen LogP contribution in [0.1, 0.15) is 42.5 Å². The van der Waals surface area contributed by atoms with Gasteiger partial charge in [-0.25, -0.2) is 0 Å². The van der Waals surface area contributed by atoms with Gasteiger partial charge in [-0.05, 0) is 37.0 Å². The number of carbonyl (C=O) groups excluding carboxylic acids is 3. The highest BCUT2D eigenvalue weighted by molar-refractivity contribution is 5.96. The summed E-state index contributed by atoms with van der Waals surface area (Å²) in [5, 5.41) is 5.25. The average molecular weight is 376 g/mol. The van der Waals surface area contributed by atoms with Gasteiger partial charge in [0.1, 0.15) is 6.54 Å². The summed E-state index contributed by atoms with van der Waals surface area (Å²) in [7, 11) is 0. The van der Waals surface area contributed by atoms with Crippen LogP contribution in [0, 0.1) is 5.92 Å². The summed E-state index contributed by atoms with van der Waals surface area (Å²) in [6.45, 7) is 0.0847. The van der Waals surface area contributed by atoms with Gasteiger partial charge in [-0.2, -0.15) is 0 Å². The van der Waals surface area contributed by atoms with Crippen molar-refractivity contribution >= 4 is 17.8 Å². The molecule has 2 N–H and O–H groups in total. The van der Waals surface area contributed by atoms with Gasteiger partial charge < -0.3 is 24.8 Å². The third-order valence-corrected chi connectivity index (χ3v) is 4.70. The largest absolute Gasteiger partial charge is 0.454 e. The first-order valence-electron chi connectivity index (χ1n) is 9.22. The molecule has 1 saturated carbocycles. The van der Waals surface area contributed by atoms with Crippen LogP contribution in [0.4, 0.5) is 0 Å². The van der Waals surface area contributed by atoms with Crippen LogP contribution in [0.2, 0.25) is 0 Å². The summed E-state index contributed by atoms with van der Waals surface area (Å²) < 4.78 is 15.3. The maximum atomic E-state index is 12.1. The van der Waals surface area contributed by atoms with Crippen molar-refractivity contribution in [3.05, 3.63) is 23.8 Å². The topological polar surface area (TPSA) is 103 Å². The van der Waals surface area contributed by atoms with Gasteiger partial charge in [0.25, 0.3) is 11.8 Å². The number of amides is 2. The van der Waals surface area contributed by atoms with Crippen molar-refractivity contribution in [3.63, 3.8) is 0 Å². The molecule has 3 rings (SSSR count). The molecule has 27 heavy (non-hydrogen) atoms. The summed E-state index contributed by atoms with van der Waals surface area (Å²) in [6, 6.07) is 4.75. The molecule has 1 aliphatic carbocycles. The van der Waals surface area contributed by atoms with Crippen LogP contribution in [0.25, 0.3) is 0 Å². The first-order chi connectivity index (χ1) is 13.1. The minimum atomic E-state index is -0.670. The molecule has 1 fully saturated rings. The number of hydrogen-bond acceptors (Lipinski definition) is 6. The third kappa shape index (κ3) is 5.60. The molecule has 0 atom stereocenters. The van der Waals surface area contributed by atoms with E-state index >= 15 is 0 Å². The molecule has 0 radical (unpaired) electrons. The Morgan fingerprint density at radius 2 is 1.81 bits per heavy atom. The van der Waals surface area contributed by atoms with Gasteiger partial charge in [-0.3, -0.25) is 14.4 Å². The fourth-order valence-corrected chi connectivity index (χ4v) is 3.19. The van der Waals surface area contributed by atoms with Crippen molar-refractivity contribution in [1.29, 1.82) is 0 Å². The predicted octanol–water partition coefficient (Wildman–Crippen LogP) is 1.38. The Labute approximate surface area is 157 Å². The number of benzene rings is 1. The fourth-order valence-electron chi connectivity index (χ4n) is 3.19. The van der Waals surface area contributed by atoms with E-state index in [1.807, 2.05) is 0 Å². The Morgan fingerprint density at radius 1 is 1.04 bits per heavy atom. The molecule has 2 amide bonds. The number of hydrogen-bond donors (Lipinski definition) is 2. The highest BCUT2D eigenvalue weighted by Crippen LogP contribution is 2.32. The second-order valence-corrected chi connectivity index (χ2v) is 6.72. The van der Waals surface area contributed by atoms with Gasteiger partial charge in [-0.1, -0.05) is 19.3 Å². The van der Waals surface area contributed by atoms with E-state index in [-0.39, 0.29) is 25.9 Å². The van der Waals surface area contributed by atoms with Crippen molar-refractivity contribution in [1.82, 2.24) is 10.6 Å². The Hall–Kier alpha value is -2.77. The van der Waals surface area contributed by atoms with Crippen molar-refractivity contribution in [3.8, 4) is 11.5 Å². The number of esters is 1. The van der Waals surface area contributed by atoms with Crippen molar-refractivity contribution in [2.24, 2.45) is 5.92 Å². The van der Waals surface area contributed by atoms with E-state index < -0.39 is 11.9 Å². The summed E-state index contributed by atoms with van der Waals surface area (Å²) in [5.74, 6) is 0.143. The van der Waals surface area contributed by atoms with Crippen LogP contribution >= 0.6 is 0 Å². The smallest absolute Gasteiger partial charge is 0.325 e. The van der Waals surface area contributed by atoms with Gasteiger partial charge in [0.15, 0.2) is 18.1 Å². The first kappa shape index (κ1) is 19.0. The van der Waals surface area contributed by atoms with Crippen molar-refractivity contribution in [2.45, 2.75) is 32.1 Å². The van der Waals surface area contributed by atoms with Gasteiger partial charge >= 0.3 is 5.97 Å². The summed E-state index contributed by atoms with van der Waals surface area (Å²) >= 11 is 0. The molecule has 1 aliphatic heterocycles. The lowest BCUT2D eigenvalue weighted by Crippen LogP contribution is -2.36. The molecular formula is C19H24N2O6. The standard InChI is InChI=1S/C19H24N2O6/c22-17(20-9-13-4-2-1-3-5-13)11-25-18(23)10-21-19(24)14-6-7-15-16(8-14)27-12-26-15/h6-8,13H,1-5,9-12H2,(H,20,22)(H,21,24). The molecule has 1 heterocycles. The lowest BCUT2D eigenvalue weighted by atomic mass is 9.89. The van der Waals surface area contributed by atoms with Crippen molar-refractivity contribution < 1.29 is 28.6 Å². The monoisotopic (exact) mass is 376 g/mol. The minimum Gasteiger partial charge on any atom is -0.454 e. The highest BCUT2D eigenvalue weighted by Gasteiger charge is 2.18. The van der Waals surface area contributed by atoms with E-state index in [1.54, 1.807) is 18.2 Å². The Bertz CT molecular complexity index is 699.